The number of carbonyl (C=O) groups excluding carboxylic acids is 1. The lowest BCUT2D eigenvalue weighted by Crippen LogP contribution is -2.08. The second kappa shape index (κ2) is 6.00. The Labute approximate surface area is 110 Å². The summed E-state index contributed by atoms with van der Waals surface area (Å²) in [7, 11) is 0. The van der Waals surface area contributed by atoms with Gasteiger partial charge in [-0.1, -0.05) is 19.1 Å². The summed E-state index contributed by atoms with van der Waals surface area (Å²) in [5.41, 5.74) is 0.158. The van der Waals surface area contributed by atoms with Crippen LogP contribution in [0.4, 0.5) is 10.1 Å². The fraction of sp³-hybridized carbons (Fsp3) is 0.133. The van der Waals surface area contributed by atoms with Crippen LogP contribution in [0.5, 0.6) is 0 Å². The number of nitrogens with one attached hydrogen (secondary N) is 1. The van der Waals surface area contributed by atoms with Crippen molar-refractivity contribution in [3.8, 4) is 0 Å². The quantitative estimate of drug-likeness (QED) is 0.852. The predicted molar refractivity (Wildman–Crippen MR) is 72.1 cm³/mol. The fourth-order valence-corrected chi connectivity index (χ4v) is 1.57. The first-order valence-electron chi connectivity index (χ1n) is 6.01. The van der Waals surface area contributed by atoms with Gasteiger partial charge in [-0.25, -0.2) is 4.39 Å². The van der Waals surface area contributed by atoms with E-state index in [1.165, 1.54) is 18.2 Å². The number of amides is 1. The van der Waals surface area contributed by atoms with Gasteiger partial charge in [0.15, 0.2) is 0 Å². The number of para-hydroxylation sites is 1. The number of furan rings is 1. The molecule has 0 bridgehead atoms. The highest BCUT2D eigenvalue weighted by Gasteiger charge is 2.03. The van der Waals surface area contributed by atoms with Gasteiger partial charge in [0, 0.05) is 12.5 Å². The lowest BCUT2D eigenvalue weighted by atomic mass is 10.3. The summed E-state index contributed by atoms with van der Waals surface area (Å²) >= 11 is 0. The summed E-state index contributed by atoms with van der Waals surface area (Å²) in [6.45, 7) is 1.98. The van der Waals surface area contributed by atoms with Gasteiger partial charge in [-0.2, -0.15) is 0 Å². The molecule has 0 radical (unpaired) electrons. The van der Waals surface area contributed by atoms with E-state index in [2.05, 4.69) is 5.32 Å². The van der Waals surface area contributed by atoms with Crippen LogP contribution < -0.4 is 5.32 Å². The van der Waals surface area contributed by atoms with Crippen molar-refractivity contribution in [1.82, 2.24) is 0 Å². The van der Waals surface area contributed by atoms with Crippen molar-refractivity contribution in [2.24, 2.45) is 0 Å². The maximum atomic E-state index is 13.3. The van der Waals surface area contributed by atoms with Crippen molar-refractivity contribution in [3.05, 3.63) is 59.8 Å². The molecule has 3 nitrogen and oxygen atoms in total. The van der Waals surface area contributed by atoms with Gasteiger partial charge < -0.3 is 9.73 Å². The average molecular weight is 259 g/mol. The SMILES string of the molecule is CCc1ccc(C=CC(=O)Nc2ccccc2F)o1. The zero-order valence-corrected chi connectivity index (χ0v) is 10.5. The largest absolute Gasteiger partial charge is 0.462 e. The first-order chi connectivity index (χ1) is 9.19. The van der Waals surface area contributed by atoms with E-state index < -0.39 is 11.7 Å². The van der Waals surface area contributed by atoms with Crippen LogP contribution in [0.25, 0.3) is 6.08 Å². The highest BCUT2D eigenvalue weighted by Crippen LogP contribution is 2.13. The minimum atomic E-state index is -0.462. The maximum absolute atomic E-state index is 13.3. The molecule has 2 aromatic rings. The van der Waals surface area contributed by atoms with Crippen LogP contribution in [-0.2, 0) is 11.2 Å². The smallest absolute Gasteiger partial charge is 0.248 e. The van der Waals surface area contributed by atoms with Crippen molar-refractivity contribution >= 4 is 17.7 Å². The Bertz CT molecular complexity index is 602. The molecule has 19 heavy (non-hydrogen) atoms. The second-order valence-electron chi connectivity index (χ2n) is 3.96. The van der Waals surface area contributed by atoms with Crippen LogP contribution in [0.1, 0.15) is 18.4 Å². The number of halogens is 1. The normalized spacial score (nSPS) is 10.8. The molecule has 1 aromatic carbocycles. The van der Waals surface area contributed by atoms with E-state index >= 15 is 0 Å². The molecule has 2 rings (SSSR count). The van der Waals surface area contributed by atoms with Gasteiger partial charge in [-0.3, -0.25) is 4.79 Å². The van der Waals surface area contributed by atoms with E-state index in [0.717, 1.165) is 12.2 Å². The van der Waals surface area contributed by atoms with Crippen molar-refractivity contribution in [2.75, 3.05) is 5.32 Å². The van der Waals surface area contributed by atoms with E-state index in [1.807, 2.05) is 13.0 Å². The predicted octanol–water partition coefficient (Wildman–Crippen LogP) is 3.63. The molecule has 0 spiro atoms. The highest BCUT2D eigenvalue weighted by atomic mass is 19.1. The van der Waals surface area contributed by atoms with Crippen LogP contribution in [0.2, 0.25) is 0 Å². The number of rotatable bonds is 4. The van der Waals surface area contributed by atoms with Gasteiger partial charge in [-0.15, -0.1) is 0 Å². The molecule has 98 valence electrons. The number of hydrogen-bond acceptors (Lipinski definition) is 2. The number of benzene rings is 1. The topological polar surface area (TPSA) is 42.2 Å². The van der Waals surface area contributed by atoms with Crippen molar-refractivity contribution in [2.45, 2.75) is 13.3 Å². The van der Waals surface area contributed by atoms with Crippen molar-refractivity contribution in [3.63, 3.8) is 0 Å². The minimum Gasteiger partial charge on any atom is -0.462 e. The summed E-state index contributed by atoms with van der Waals surface area (Å²) in [5, 5.41) is 2.46. The van der Waals surface area contributed by atoms with E-state index in [9.17, 15) is 9.18 Å². The Hall–Kier alpha value is -2.36. The minimum absolute atomic E-state index is 0.158. The number of carbonyl (C=O) groups is 1. The molecule has 1 aromatic heterocycles. The molecule has 0 aliphatic heterocycles. The molecule has 1 amide bonds. The number of aryl methyl sites for hydroxylation is 1. The molecule has 0 aliphatic carbocycles. The standard InChI is InChI=1S/C15H14FNO2/c1-2-11-7-8-12(19-11)9-10-15(18)17-14-6-4-3-5-13(14)16/h3-10H,2H2,1H3,(H,17,18). The lowest BCUT2D eigenvalue weighted by Gasteiger charge is -2.02. The first-order valence-corrected chi connectivity index (χ1v) is 6.01. The molecule has 0 saturated heterocycles. The Morgan fingerprint density at radius 1 is 1.32 bits per heavy atom. The van der Waals surface area contributed by atoms with Gasteiger partial charge in [0.25, 0.3) is 0 Å². The summed E-state index contributed by atoms with van der Waals surface area (Å²) in [6.07, 6.45) is 3.66. The summed E-state index contributed by atoms with van der Waals surface area (Å²) in [4.78, 5) is 11.6. The third kappa shape index (κ3) is 3.55. The maximum Gasteiger partial charge on any atom is 0.248 e. The van der Waals surface area contributed by atoms with Crippen LogP contribution in [0, 0.1) is 5.82 Å². The molecular formula is C15H14FNO2. The van der Waals surface area contributed by atoms with Crippen LogP contribution in [-0.4, -0.2) is 5.91 Å². The summed E-state index contributed by atoms with van der Waals surface area (Å²) < 4.78 is 18.7. The molecule has 1 heterocycles. The average Bonchev–Trinajstić information content (AvgIpc) is 2.87. The van der Waals surface area contributed by atoms with E-state index in [0.29, 0.717) is 5.76 Å². The molecule has 0 atom stereocenters. The van der Waals surface area contributed by atoms with Crippen LogP contribution in [0.15, 0.2) is 46.9 Å². The van der Waals surface area contributed by atoms with Gasteiger partial charge >= 0.3 is 0 Å². The fourth-order valence-electron chi connectivity index (χ4n) is 1.57. The zero-order valence-electron chi connectivity index (χ0n) is 10.5. The zero-order chi connectivity index (χ0) is 13.7. The van der Waals surface area contributed by atoms with Gasteiger partial charge in [0.1, 0.15) is 17.3 Å². The molecule has 0 fully saturated rings. The Morgan fingerprint density at radius 2 is 2.11 bits per heavy atom. The van der Waals surface area contributed by atoms with Crippen molar-refractivity contribution in [1.29, 1.82) is 0 Å². The Morgan fingerprint density at radius 3 is 2.79 bits per heavy atom. The van der Waals surface area contributed by atoms with Crippen LogP contribution >= 0.6 is 0 Å². The van der Waals surface area contributed by atoms with Gasteiger partial charge in [0.2, 0.25) is 5.91 Å². The molecule has 0 saturated carbocycles. The molecular weight excluding hydrogens is 245 g/mol. The number of hydrogen-bond donors (Lipinski definition) is 1. The highest BCUT2D eigenvalue weighted by molar-refractivity contribution is 6.01. The summed E-state index contributed by atoms with van der Waals surface area (Å²) in [5.74, 6) is 0.588. The second-order valence-corrected chi connectivity index (χ2v) is 3.96. The van der Waals surface area contributed by atoms with Gasteiger partial charge in [-0.05, 0) is 30.3 Å². The Kier molecular flexibility index (Phi) is 4.13. The Balaban J connectivity index is 1.99. The monoisotopic (exact) mass is 259 g/mol. The van der Waals surface area contributed by atoms with E-state index in [4.69, 9.17) is 4.42 Å². The molecule has 1 N–H and O–H groups in total. The van der Waals surface area contributed by atoms with E-state index in [1.54, 1.807) is 24.3 Å². The third-order valence-electron chi connectivity index (χ3n) is 2.56. The first kappa shape index (κ1) is 13.1. The van der Waals surface area contributed by atoms with Crippen LogP contribution in [0.3, 0.4) is 0 Å². The lowest BCUT2D eigenvalue weighted by molar-refractivity contribution is -0.111. The van der Waals surface area contributed by atoms with Crippen molar-refractivity contribution < 1.29 is 13.6 Å². The molecule has 4 heteroatoms. The summed E-state index contributed by atoms with van der Waals surface area (Å²) in [6, 6.07) is 9.65. The third-order valence-corrected chi connectivity index (χ3v) is 2.56. The van der Waals surface area contributed by atoms with Gasteiger partial charge in [0.05, 0.1) is 5.69 Å². The number of anilines is 1. The van der Waals surface area contributed by atoms with E-state index in [-0.39, 0.29) is 5.69 Å². The molecule has 0 unspecified atom stereocenters. The molecule has 0 aliphatic rings.